The summed E-state index contributed by atoms with van der Waals surface area (Å²) in [7, 11) is 1.57. The second-order valence-corrected chi connectivity index (χ2v) is 6.81. The van der Waals surface area contributed by atoms with E-state index in [1.54, 1.807) is 19.2 Å². The molecule has 0 saturated carbocycles. The van der Waals surface area contributed by atoms with Crippen molar-refractivity contribution in [2.75, 3.05) is 12.4 Å². The van der Waals surface area contributed by atoms with Gasteiger partial charge in [-0.3, -0.25) is 4.79 Å². The fourth-order valence-corrected chi connectivity index (χ4v) is 3.15. The Kier molecular flexibility index (Phi) is 5.00. The van der Waals surface area contributed by atoms with Crippen molar-refractivity contribution in [1.82, 2.24) is 9.97 Å². The fraction of sp³-hybridized carbons (Fsp3) is 0.0909. The highest BCUT2D eigenvalue weighted by Gasteiger charge is 2.12. The number of methoxy groups -OCH3 is 1. The number of para-hydroxylation sites is 2. The molecule has 0 aliphatic carbocycles. The van der Waals surface area contributed by atoms with E-state index in [1.807, 2.05) is 54.6 Å². The van der Waals surface area contributed by atoms with Crippen LogP contribution in [0.3, 0.4) is 0 Å². The molecule has 0 unspecified atom stereocenters. The Labute approximate surface area is 167 Å². The highest BCUT2D eigenvalue weighted by Crippen LogP contribution is 2.30. The third-order valence-corrected chi connectivity index (χ3v) is 4.67. The number of halogens is 1. The van der Waals surface area contributed by atoms with Crippen molar-refractivity contribution in [1.29, 1.82) is 0 Å². The minimum absolute atomic E-state index is 0.137. The van der Waals surface area contributed by atoms with Gasteiger partial charge in [-0.2, -0.15) is 0 Å². The van der Waals surface area contributed by atoms with Gasteiger partial charge in [0.15, 0.2) is 0 Å². The molecule has 4 aromatic rings. The molecule has 0 spiro atoms. The molecular formula is C22H18ClN3O2. The smallest absolute Gasteiger partial charge is 0.228 e. The lowest BCUT2D eigenvalue weighted by Crippen LogP contribution is -2.15. The van der Waals surface area contributed by atoms with Crippen molar-refractivity contribution in [2.24, 2.45) is 0 Å². The van der Waals surface area contributed by atoms with Gasteiger partial charge in [-0.05, 0) is 48.0 Å². The van der Waals surface area contributed by atoms with Crippen molar-refractivity contribution in [3.8, 4) is 17.1 Å². The van der Waals surface area contributed by atoms with Crippen LogP contribution in [-0.2, 0) is 11.2 Å². The second kappa shape index (κ2) is 7.74. The molecule has 3 aromatic carbocycles. The Bertz CT molecular complexity index is 1100. The van der Waals surface area contributed by atoms with Crippen molar-refractivity contribution in [3.05, 3.63) is 77.3 Å². The minimum Gasteiger partial charge on any atom is -0.495 e. The number of hydrogen-bond acceptors (Lipinski definition) is 3. The number of rotatable bonds is 5. The number of ether oxygens (including phenoxy) is 1. The summed E-state index contributed by atoms with van der Waals surface area (Å²) in [5, 5.41) is 3.57. The Hall–Kier alpha value is -3.31. The van der Waals surface area contributed by atoms with Gasteiger partial charge >= 0.3 is 0 Å². The quantitative estimate of drug-likeness (QED) is 0.499. The Morgan fingerprint density at radius 3 is 2.64 bits per heavy atom. The number of aromatic amines is 1. The number of amides is 1. The summed E-state index contributed by atoms with van der Waals surface area (Å²) < 4.78 is 5.40. The maximum Gasteiger partial charge on any atom is 0.228 e. The zero-order chi connectivity index (χ0) is 19.5. The maximum absolute atomic E-state index is 12.5. The van der Waals surface area contributed by atoms with Crippen LogP contribution >= 0.6 is 11.6 Å². The normalized spacial score (nSPS) is 10.8. The van der Waals surface area contributed by atoms with Gasteiger partial charge in [-0.1, -0.05) is 35.9 Å². The van der Waals surface area contributed by atoms with Crippen LogP contribution in [0.2, 0.25) is 5.02 Å². The summed E-state index contributed by atoms with van der Waals surface area (Å²) in [6.07, 6.45) is 0.245. The van der Waals surface area contributed by atoms with Crippen LogP contribution in [0.25, 0.3) is 22.4 Å². The number of aromatic nitrogens is 2. The van der Waals surface area contributed by atoms with Gasteiger partial charge in [0.1, 0.15) is 11.6 Å². The molecule has 1 aromatic heterocycles. The number of imidazole rings is 1. The molecule has 5 nitrogen and oxygen atoms in total. The highest BCUT2D eigenvalue weighted by atomic mass is 35.5. The summed E-state index contributed by atoms with van der Waals surface area (Å²) in [5.41, 5.74) is 4.19. The van der Waals surface area contributed by atoms with Crippen molar-refractivity contribution in [2.45, 2.75) is 6.42 Å². The van der Waals surface area contributed by atoms with E-state index in [2.05, 4.69) is 15.3 Å². The lowest BCUT2D eigenvalue weighted by atomic mass is 10.1. The van der Waals surface area contributed by atoms with Crippen LogP contribution < -0.4 is 10.1 Å². The summed E-state index contributed by atoms with van der Waals surface area (Å²) in [6, 6.07) is 20.6. The van der Waals surface area contributed by atoms with Crippen LogP contribution in [0.15, 0.2) is 66.7 Å². The Morgan fingerprint density at radius 1 is 1.11 bits per heavy atom. The van der Waals surface area contributed by atoms with Gasteiger partial charge in [0.2, 0.25) is 5.91 Å². The van der Waals surface area contributed by atoms with Gasteiger partial charge in [-0.25, -0.2) is 4.98 Å². The molecule has 0 aliphatic heterocycles. The zero-order valence-electron chi connectivity index (χ0n) is 15.2. The predicted octanol–water partition coefficient (Wildman–Crippen LogP) is 5.07. The van der Waals surface area contributed by atoms with Crippen molar-refractivity contribution in [3.63, 3.8) is 0 Å². The van der Waals surface area contributed by atoms with Gasteiger partial charge in [-0.15, -0.1) is 0 Å². The van der Waals surface area contributed by atoms with Gasteiger partial charge < -0.3 is 15.0 Å². The molecule has 6 heteroatoms. The van der Waals surface area contributed by atoms with Crippen molar-refractivity contribution < 1.29 is 9.53 Å². The molecule has 0 atom stereocenters. The number of fused-ring (bicyclic) bond motifs is 1. The van der Waals surface area contributed by atoms with E-state index in [1.165, 1.54) is 0 Å². The largest absolute Gasteiger partial charge is 0.495 e. The third kappa shape index (κ3) is 3.85. The van der Waals surface area contributed by atoms with Crippen LogP contribution in [-0.4, -0.2) is 23.0 Å². The molecule has 2 N–H and O–H groups in total. The number of anilines is 1. The summed E-state index contributed by atoms with van der Waals surface area (Å²) >= 11 is 5.90. The molecule has 0 saturated heterocycles. The number of hydrogen-bond donors (Lipinski definition) is 2. The molecule has 0 bridgehead atoms. The van der Waals surface area contributed by atoms with Crippen LogP contribution in [0.4, 0.5) is 5.69 Å². The van der Waals surface area contributed by atoms with E-state index >= 15 is 0 Å². The fourth-order valence-electron chi connectivity index (χ4n) is 3.02. The zero-order valence-corrected chi connectivity index (χ0v) is 16.0. The van der Waals surface area contributed by atoms with Gasteiger partial charge in [0, 0.05) is 10.6 Å². The first kappa shape index (κ1) is 18.1. The van der Waals surface area contributed by atoms with Crippen LogP contribution in [0.1, 0.15) is 5.56 Å². The first-order chi connectivity index (χ1) is 13.6. The third-order valence-electron chi connectivity index (χ3n) is 4.41. The summed E-state index contributed by atoms with van der Waals surface area (Å²) in [5.74, 6) is 1.18. The SMILES string of the molecule is COc1ccc(-c2nc3ccccc3[nH]2)cc1NC(=O)Cc1ccc(Cl)cc1. The monoisotopic (exact) mass is 391 g/mol. The molecule has 4 rings (SSSR count). The maximum atomic E-state index is 12.5. The minimum atomic E-state index is -0.137. The standard InChI is InChI=1S/C22H18ClN3O2/c1-28-20-11-8-15(22-25-17-4-2-3-5-18(17)26-22)13-19(20)24-21(27)12-14-6-9-16(23)10-7-14/h2-11,13H,12H2,1H3,(H,24,27)(H,25,26). The van der Waals surface area contributed by atoms with E-state index in [0.29, 0.717) is 16.5 Å². The number of carbonyl (C=O) groups is 1. The molecule has 1 heterocycles. The molecule has 140 valence electrons. The summed E-state index contributed by atoms with van der Waals surface area (Å²) in [4.78, 5) is 20.4. The van der Waals surface area contributed by atoms with Gasteiger partial charge in [0.05, 0.1) is 30.3 Å². The van der Waals surface area contributed by atoms with Crippen LogP contribution in [0, 0.1) is 0 Å². The molecule has 0 aliphatic rings. The second-order valence-electron chi connectivity index (χ2n) is 6.37. The number of H-pyrrole nitrogens is 1. The molecular weight excluding hydrogens is 374 g/mol. The number of nitrogens with one attached hydrogen (secondary N) is 2. The van der Waals surface area contributed by atoms with E-state index in [0.717, 1.165) is 28.0 Å². The lowest BCUT2D eigenvalue weighted by molar-refractivity contribution is -0.115. The summed E-state index contributed by atoms with van der Waals surface area (Å²) in [6.45, 7) is 0. The van der Waals surface area contributed by atoms with Crippen molar-refractivity contribution >= 4 is 34.2 Å². The average Bonchev–Trinajstić information content (AvgIpc) is 3.14. The first-order valence-corrected chi connectivity index (χ1v) is 9.17. The highest BCUT2D eigenvalue weighted by molar-refractivity contribution is 6.30. The Morgan fingerprint density at radius 2 is 1.89 bits per heavy atom. The first-order valence-electron chi connectivity index (χ1n) is 8.80. The number of nitrogens with zero attached hydrogens (tertiary/aromatic N) is 1. The molecule has 0 fully saturated rings. The van der Waals surface area contributed by atoms with E-state index in [9.17, 15) is 4.79 Å². The molecule has 28 heavy (non-hydrogen) atoms. The molecule has 0 radical (unpaired) electrons. The number of benzene rings is 3. The van der Waals surface area contributed by atoms with E-state index in [4.69, 9.17) is 16.3 Å². The van der Waals surface area contributed by atoms with E-state index < -0.39 is 0 Å². The Balaban J connectivity index is 1.59. The predicted molar refractivity (Wildman–Crippen MR) is 112 cm³/mol. The molecule has 1 amide bonds. The number of carbonyl (C=O) groups excluding carboxylic acids is 1. The van der Waals surface area contributed by atoms with E-state index in [-0.39, 0.29) is 12.3 Å². The topological polar surface area (TPSA) is 67.0 Å². The lowest BCUT2D eigenvalue weighted by Gasteiger charge is -2.11. The average molecular weight is 392 g/mol. The van der Waals surface area contributed by atoms with Gasteiger partial charge in [0.25, 0.3) is 0 Å². The van der Waals surface area contributed by atoms with Crippen LogP contribution in [0.5, 0.6) is 5.75 Å².